The van der Waals surface area contributed by atoms with Crippen LogP contribution in [0.5, 0.6) is 0 Å². The summed E-state index contributed by atoms with van der Waals surface area (Å²) in [5, 5.41) is 3.72. The molecule has 0 aliphatic heterocycles. The number of carbonyl (C=O) groups excluding carboxylic acids is 1. The van der Waals surface area contributed by atoms with Crippen molar-refractivity contribution < 1.29 is 4.79 Å². The lowest BCUT2D eigenvalue weighted by molar-refractivity contribution is 0.102. The molecular weight excluding hydrogens is 346 g/mol. The Hall–Kier alpha value is -2.47. The summed E-state index contributed by atoms with van der Waals surface area (Å²) in [4.78, 5) is 30.4. The molecule has 0 spiro atoms. The predicted molar refractivity (Wildman–Crippen MR) is 89.2 cm³/mol. The summed E-state index contributed by atoms with van der Waals surface area (Å²) in [6.45, 7) is 1.86. The maximum absolute atomic E-state index is 12.3. The average Bonchev–Trinajstić information content (AvgIpc) is 2.48. The van der Waals surface area contributed by atoms with Crippen LogP contribution in [0.3, 0.4) is 0 Å². The summed E-state index contributed by atoms with van der Waals surface area (Å²) in [6.07, 6.45) is 3.11. The third-order valence-corrected chi connectivity index (χ3v) is 4.01. The van der Waals surface area contributed by atoms with E-state index < -0.39 is 0 Å². The molecule has 110 valence electrons. The minimum absolute atomic E-state index is 0.138. The Morgan fingerprint density at radius 3 is 2.86 bits per heavy atom. The third kappa shape index (κ3) is 2.78. The van der Waals surface area contributed by atoms with Crippen LogP contribution in [0.1, 0.15) is 15.9 Å². The fourth-order valence-electron chi connectivity index (χ4n) is 2.24. The van der Waals surface area contributed by atoms with E-state index in [4.69, 9.17) is 0 Å². The summed E-state index contributed by atoms with van der Waals surface area (Å²) >= 11 is 3.33. The number of H-pyrrole nitrogens is 1. The highest BCUT2D eigenvalue weighted by Gasteiger charge is 2.11. The van der Waals surface area contributed by atoms with Crippen LogP contribution < -0.4 is 10.9 Å². The van der Waals surface area contributed by atoms with E-state index in [9.17, 15) is 9.59 Å². The molecule has 0 atom stereocenters. The van der Waals surface area contributed by atoms with Crippen LogP contribution in [0.2, 0.25) is 0 Å². The Kier molecular flexibility index (Phi) is 3.77. The quantitative estimate of drug-likeness (QED) is 0.739. The molecule has 2 N–H and O–H groups in total. The van der Waals surface area contributed by atoms with E-state index in [1.165, 1.54) is 12.3 Å². The molecule has 0 aliphatic rings. The molecule has 1 aromatic carbocycles. The summed E-state index contributed by atoms with van der Waals surface area (Å²) in [7, 11) is 0. The van der Waals surface area contributed by atoms with Gasteiger partial charge in [-0.15, -0.1) is 0 Å². The summed E-state index contributed by atoms with van der Waals surface area (Å²) < 4.78 is 0.682. The van der Waals surface area contributed by atoms with Gasteiger partial charge in [-0.25, -0.2) is 0 Å². The van der Waals surface area contributed by atoms with Crippen LogP contribution in [0.15, 0.2) is 52.0 Å². The lowest BCUT2D eigenvalue weighted by Gasteiger charge is -2.08. The van der Waals surface area contributed by atoms with E-state index in [-0.39, 0.29) is 11.5 Å². The molecule has 6 heteroatoms. The van der Waals surface area contributed by atoms with Gasteiger partial charge in [0, 0.05) is 39.5 Å². The molecule has 3 aromatic rings. The molecule has 0 aliphatic carbocycles. The van der Waals surface area contributed by atoms with Crippen LogP contribution in [-0.2, 0) is 0 Å². The van der Waals surface area contributed by atoms with Crippen molar-refractivity contribution in [2.75, 3.05) is 5.32 Å². The first kappa shape index (κ1) is 14.5. The van der Waals surface area contributed by atoms with Gasteiger partial charge in [-0.1, -0.05) is 0 Å². The zero-order chi connectivity index (χ0) is 15.7. The number of halogens is 1. The predicted octanol–water partition coefficient (Wildman–Crippen LogP) is 3.25. The first-order valence-electron chi connectivity index (χ1n) is 6.59. The number of rotatable bonds is 2. The van der Waals surface area contributed by atoms with Gasteiger partial charge in [0.15, 0.2) is 0 Å². The lowest BCUT2D eigenvalue weighted by atomic mass is 10.1. The van der Waals surface area contributed by atoms with E-state index in [0.717, 1.165) is 16.5 Å². The largest absolute Gasteiger partial charge is 0.322 e. The molecule has 0 bridgehead atoms. The number of nitrogens with one attached hydrogen (secondary N) is 2. The number of aromatic amines is 1. The van der Waals surface area contributed by atoms with Crippen molar-refractivity contribution in [2.45, 2.75) is 6.92 Å². The number of benzene rings is 1. The SMILES string of the molecule is Cc1cc(=O)[nH]c2ccc(NC(=O)c3cnccc3Br)cc12. The van der Waals surface area contributed by atoms with E-state index >= 15 is 0 Å². The van der Waals surface area contributed by atoms with Crippen molar-refractivity contribution >= 4 is 38.4 Å². The van der Waals surface area contributed by atoms with E-state index in [0.29, 0.717) is 15.7 Å². The standard InChI is InChI=1S/C16H12BrN3O2/c1-9-6-15(21)20-14-3-2-10(7-11(9)14)19-16(22)12-8-18-5-4-13(12)17/h2-8H,1H3,(H,19,22)(H,20,21). The number of hydrogen-bond donors (Lipinski definition) is 2. The van der Waals surface area contributed by atoms with Crippen LogP contribution >= 0.6 is 15.9 Å². The number of anilines is 1. The summed E-state index contributed by atoms with van der Waals surface area (Å²) in [6, 6.07) is 8.61. The zero-order valence-electron chi connectivity index (χ0n) is 11.7. The fraction of sp³-hybridized carbons (Fsp3) is 0.0625. The Labute approximate surface area is 134 Å². The number of aromatic nitrogens is 2. The zero-order valence-corrected chi connectivity index (χ0v) is 13.3. The minimum Gasteiger partial charge on any atom is -0.322 e. The highest BCUT2D eigenvalue weighted by molar-refractivity contribution is 9.10. The molecule has 5 nitrogen and oxygen atoms in total. The summed E-state index contributed by atoms with van der Waals surface area (Å²) in [5.74, 6) is -0.249. The van der Waals surface area contributed by atoms with Gasteiger partial charge in [-0.05, 0) is 52.7 Å². The minimum atomic E-state index is -0.249. The van der Waals surface area contributed by atoms with Gasteiger partial charge in [0.25, 0.3) is 5.91 Å². The number of carbonyl (C=O) groups is 1. The third-order valence-electron chi connectivity index (χ3n) is 3.32. The first-order chi connectivity index (χ1) is 10.5. The Balaban J connectivity index is 1.96. The summed E-state index contributed by atoms with van der Waals surface area (Å²) in [5.41, 5.74) is 2.58. The second-order valence-corrected chi connectivity index (χ2v) is 5.74. The van der Waals surface area contributed by atoms with Crippen molar-refractivity contribution in [3.05, 3.63) is 68.7 Å². The van der Waals surface area contributed by atoms with Gasteiger partial charge in [0.2, 0.25) is 5.56 Å². The number of amides is 1. The molecule has 0 saturated carbocycles. The number of fused-ring (bicyclic) bond motifs is 1. The van der Waals surface area contributed by atoms with Gasteiger partial charge in [0.05, 0.1) is 5.56 Å². The topological polar surface area (TPSA) is 74.8 Å². The highest BCUT2D eigenvalue weighted by Crippen LogP contribution is 2.21. The van der Waals surface area contributed by atoms with Crippen LogP contribution in [0, 0.1) is 6.92 Å². The monoisotopic (exact) mass is 357 g/mol. The number of aryl methyl sites for hydroxylation is 1. The van der Waals surface area contributed by atoms with Crippen molar-refractivity contribution in [1.29, 1.82) is 0 Å². The molecule has 0 radical (unpaired) electrons. The fourth-order valence-corrected chi connectivity index (χ4v) is 2.64. The van der Waals surface area contributed by atoms with E-state index in [1.54, 1.807) is 24.4 Å². The van der Waals surface area contributed by atoms with Crippen LogP contribution in [-0.4, -0.2) is 15.9 Å². The molecule has 3 rings (SSSR count). The number of pyridine rings is 2. The Morgan fingerprint density at radius 2 is 2.09 bits per heavy atom. The molecule has 0 saturated heterocycles. The van der Waals surface area contributed by atoms with Gasteiger partial charge < -0.3 is 10.3 Å². The van der Waals surface area contributed by atoms with Gasteiger partial charge in [-0.2, -0.15) is 0 Å². The Morgan fingerprint density at radius 1 is 1.27 bits per heavy atom. The first-order valence-corrected chi connectivity index (χ1v) is 7.38. The van der Waals surface area contributed by atoms with E-state index in [2.05, 4.69) is 31.2 Å². The number of nitrogens with zero attached hydrogens (tertiary/aromatic N) is 1. The van der Waals surface area contributed by atoms with Crippen molar-refractivity contribution in [2.24, 2.45) is 0 Å². The number of hydrogen-bond acceptors (Lipinski definition) is 3. The molecule has 2 aromatic heterocycles. The van der Waals surface area contributed by atoms with Gasteiger partial charge >= 0.3 is 0 Å². The molecular formula is C16H12BrN3O2. The highest BCUT2D eigenvalue weighted by atomic mass is 79.9. The average molecular weight is 358 g/mol. The van der Waals surface area contributed by atoms with Crippen molar-refractivity contribution in [3.8, 4) is 0 Å². The molecule has 0 unspecified atom stereocenters. The second-order valence-electron chi connectivity index (χ2n) is 4.89. The van der Waals surface area contributed by atoms with Crippen molar-refractivity contribution in [1.82, 2.24) is 9.97 Å². The lowest BCUT2D eigenvalue weighted by Crippen LogP contribution is -2.13. The normalized spacial score (nSPS) is 10.6. The Bertz CT molecular complexity index is 934. The van der Waals surface area contributed by atoms with E-state index in [1.807, 2.05) is 13.0 Å². The van der Waals surface area contributed by atoms with Crippen LogP contribution in [0.4, 0.5) is 5.69 Å². The maximum Gasteiger partial charge on any atom is 0.258 e. The van der Waals surface area contributed by atoms with Crippen molar-refractivity contribution in [3.63, 3.8) is 0 Å². The van der Waals surface area contributed by atoms with Crippen LogP contribution in [0.25, 0.3) is 10.9 Å². The maximum atomic E-state index is 12.3. The molecule has 0 fully saturated rings. The molecule has 1 amide bonds. The smallest absolute Gasteiger partial charge is 0.258 e. The van der Waals surface area contributed by atoms with Gasteiger partial charge in [0.1, 0.15) is 0 Å². The molecule has 2 heterocycles. The molecule has 22 heavy (non-hydrogen) atoms. The van der Waals surface area contributed by atoms with Gasteiger partial charge in [-0.3, -0.25) is 14.6 Å². The second kappa shape index (κ2) is 5.73.